The van der Waals surface area contributed by atoms with Crippen LogP contribution < -0.4 is 5.56 Å². The van der Waals surface area contributed by atoms with E-state index in [1.54, 1.807) is 19.3 Å². The fourth-order valence-electron chi connectivity index (χ4n) is 1.81. The number of aryl methyl sites for hydroxylation is 1. The van der Waals surface area contributed by atoms with Gasteiger partial charge in [-0.25, -0.2) is 4.98 Å². The van der Waals surface area contributed by atoms with Crippen molar-refractivity contribution in [3.8, 4) is 0 Å². The van der Waals surface area contributed by atoms with Gasteiger partial charge in [-0.3, -0.25) is 14.6 Å². The van der Waals surface area contributed by atoms with Crippen LogP contribution in [0.1, 0.15) is 22.6 Å². The van der Waals surface area contributed by atoms with E-state index in [2.05, 4.69) is 15.0 Å². The molecule has 2 aromatic rings. The average Bonchev–Trinajstić information content (AvgIpc) is 2.35. The SMILES string of the molecule is Cc1nc(Cc2ccncc2)[nH]c(=O)c1CC(=O)O. The van der Waals surface area contributed by atoms with Crippen molar-refractivity contribution in [3.05, 3.63) is 57.5 Å². The standard InChI is InChI=1S/C13H13N3O3/c1-8-10(7-12(17)18)13(19)16-11(15-8)6-9-2-4-14-5-3-9/h2-5H,6-7H2,1H3,(H,17,18)(H,15,16,19). The zero-order chi connectivity index (χ0) is 13.8. The number of rotatable bonds is 4. The molecule has 6 nitrogen and oxygen atoms in total. The summed E-state index contributed by atoms with van der Waals surface area (Å²) in [5, 5.41) is 8.73. The maximum absolute atomic E-state index is 11.8. The second-order valence-electron chi connectivity index (χ2n) is 4.18. The summed E-state index contributed by atoms with van der Waals surface area (Å²) in [4.78, 5) is 33.3. The first-order valence-electron chi connectivity index (χ1n) is 5.75. The van der Waals surface area contributed by atoms with Crippen molar-refractivity contribution in [2.45, 2.75) is 19.8 Å². The van der Waals surface area contributed by atoms with E-state index < -0.39 is 5.97 Å². The number of nitrogens with zero attached hydrogens (tertiary/aromatic N) is 2. The van der Waals surface area contributed by atoms with Crippen molar-refractivity contribution in [2.75, 3.05) is 0 Å². The topological polar surface area (TPSA) is 95.9 Å². The quantitative estimate of drug-likeness (QED) is 0.842. The number of nitrogens with one attached hydrogen (secondary N) is 1. The Morgan fingerprint density at radius 3 is 2.63 bits per heavy atom. The molecule has 2 aromatic heterocycles. The Morgan fingerprint density at radius 1 is 1.37 bits per heavy atom. The third-order valence-corrected chi connectivity index (χ3v) is 2.72. The van der Waals surface area contributed by atoms with Crippen LogP contribution in [0.25, 0.3) is 0 Å². The smallest absolute Gasteiger partial charge is 0.308 e. The maximum atomic E-state index is 11.8. The van der Waals surface area contributed by atoms with Crippen molar-refractivity contribution in [1.29, 1.82) is 0 Å². The second kappa shape index (κ2) is 5.43. The zero-order valence-corrected chi connectivity index (χ0v) is 10.4. The Kier molecular flexibility index (Phi) is 3.70. The van der Waals surface area contributed by atoms with Crippen molar-refractivity contribution in [1.82, 2.24) is 15.0 Å². The highest BCUT2D eigenvalue weighted by molar-refractivity contribution is 5.70. The lowest BCUT2D eigenvalue weighted by atomic mass is 10.1. The van der Waals surface area contributed by atoms with Crippen molar-refractivity contribution in [3.63, 3.8) is 0 Å². The zero-order valence-electron chi connectivity index (χ0n) is 10.4. The van der Waals surface area contributed by atoms with E-state index in [4.69, 9.17) is 5.11 Å². The summed E-state index contributed by atoms with van der Waals surface area (Å²) in [5.74, 6) is -0.528. The van der Waals surface area contributed by atoms with Gasteiger partial charge < -0.3 is 10.1 Å². The van der Waals surface area contributed by atoms with Gasteiger partial charge in [-0.15, -0.1) is 0 Å². The largest absolute Gasteiger partial charge is 0.481 e. The summed E-state index contributed by atoms with van der Waals surface area (Å²) < 4.78 is 0. The van der Waals surface area contributed by atoms with Crippen molar-refractivity contribution >= 4 is 5.97 Å². The number of carboxylic acid groups (broad SMARTS) is 1. The van der Waals surface area contributed by atoms with Gasteiger partial charge in [-0.2, -0.15) is 0 Å². The molecule has 0 spiro atoms. The Balaban J connectivity index is 2.30. The van der Waals surface area contributed by atoms with E-state index in [9.17, 15) is 9.59 Å². The van der Waals surface area contributed by atoms with Crippen LogP contribution in [-0.2, 0) is 17.6 Å². The molecule has 2 heterocycles. The van der Waals surface area contributed by atoms with E-state index >= 15 is 0 Å². The first-order valence-corrected chi connectivity index (χ1v) is 5.75. The lowest BCUT2D eigenvalue weighted by Gasteiger charge is -2.05. The van der Waals surface area contributed by atoms with Gasteiger partial charge >= 0.3 is 5.97 Å². The number of carbonyl (C=O) groups is 1. The molecule has 2 rings (SSSR count). The van der Waals surface area contributed by atoms with E-state index in [0.717, 1.165) is 5.56 Å². The second-order valence-corrected chi connectivity index (χ2v) is 4.18. The van der Waals surface area contributed by atoms with Crippen LogP contribution in [0.15, 0.2) is 29.3 Å². The lowest BCUT2D eigenvalue weighted by molar-refractivity contribution is -0.136. The Bertz CT molecular complexity index is 650. The molecule has 0 aliphatic heterocycles. The highest BCUT2D eigenvalue weighted by atomic mass is 16.4. The number of hydrogen-bond donors (Lipinski definition) is 2. The van der Waals surface area contributed by atoms with Gasteiger partial charge in [0.15, 0.2) is 0 Å². The maximum Gasteiger partial charge on any atom is 0.308 e. The molecular formula is C13H13N3O3. The van der Waals surface area contributed by atoms with Gasteiger partial charge in [0.25, 0.3) is 5.56 Å². The molecule has 2 N–H and O–H groups in total. The lowest BCUT2D eigenvalue weighted by Crippen LogP contribution is -2.21. The number of carboxylic acids is 1. The third-order valence-electron chi connectivity index (χ3n) is 2.72. The highest BCUT2D eigenvalue weighted by Gasteiger charge is 2.11. The predicted octanol–water partition coefficient (Wildman–Crippen LogP) is 0.691. The minimum Gasteiger partial charge on any atom is -0.481 e. The molecule has 6 heteroatoms. The van der Waals surface area contributed by atoms with E-state index in [1.165, 1.54) is 0 Å². The van der Waals surface area contributed by atoms with Gasteiger partial charge in [-0.05, 0) is 24.6 Å². The fraction of sp³-hybridized carbons (Fsp3) is 0.231. The molecule has 0 bridgehead atoms. The molecule has 0 aliphatic carbocycles. The Hall–Kier alpha value is -2.50. The first-order chi connectivity index (χ1) is 9.06. The van der Waals surface area contributed by atoms with Crippen LogP contribution in [0.5, 0.6) is 0 Å². The summed E-state index contributed by atoms with van der Waals surface area (Å²) >= 11 is 0. The number of aromatic nitrogens is 3. The number of aromatic amines is 1. The van der Waals surface area contributed by atoms with Crippen LogP contribution >= 0.6 is 0 Å². The van der Waals surface area contributed by atoms with Crippen molar-refractivity contribution < 1.29 is 9.90 Å². The van der Waals surface area contributed by atoms with Crippen LogP contribution in [0.4, 0.5) is 0 Å². The van der Waals surface area contributed by atoms with Gasteiger partial charge in [0.2, 0.25) is 0 Å². The molecule has 0 aliphatic rings. The predicted molar refractivity (Wildman–Crippen MR) is 68.0 cm³/mol. The molecule has 0 unspecified atom stereocenters. The summed E-state index contributed by atoms with van der Waals surface area (Å²) in [6, 6.07) is 3.67. The van der Waals surface area contributed by atoms with Crippen LogP contribution in [0, 0.1) is 6.92 Å². The third kappa shape index (κ3) is 3.25. The average molecular weight is 259 g/mol. The van der Waals surface area contributed by atoms with Gasteiger partial charge in [0, 0.05) is 30.1 Å². The highest BCUT2D eigenvalue weighted by Crippen LogP contribution is 2.05. The Labute approximate surface area is 109 Å². The number of hydrogen-bond acceptors (Lipinski definition) is 4. The summed E-state index contributed by atoms with van der Waals surface area (Å²) in [7, 11) is 0. The summed E-state index contributed by atoms with van der Waals surface area (Å²) in [5.41, 5.74) is 1.24. The molecule has 0 saturated carbocycles. The van der Waals surface area contributed by atoms with Gasteiger partial charge in [-0.1, -0.05) is 0 Å². The van der Waals surface area contributed by atoms with E-state index in [-0.39, 0.29) is 17.5 Å². The number of H-pyrrole nitrogens is 1. The number of aliphatic carboxylic acids is 1. The molecule has 0 saturated heterocycles. The minimum absolute atomic E-state index is 0.200. The molecule has 0 aromatic carbocycles. The summed E-state index contributed by atoms with van der Waals surface area (Å²) in [6.07, 6.45) is 3.49. The molecular weight excluding hydrogens is 246 g/mol. The monoisotopic (exact) mass is 259 g/mol. The van der Waals surface area contributed by atoms with E-state index in [1.807, 2.05) is 12.1 Å². The van der Waals surface area contributed by atoms with Gasteiger partial charge in [0.05, 0.1) is 6.42 Å². The van der Waals surface area contributed by atoms with Crippen LogP contribution in [0.2, 0.25) is 0 Å². The van der Waals surface area contributed by atoms with Gasteiger partial charge in [0.1, 0.15) is 5.82 Å². The van der Waals surface area contributed by atoms with Crippen molar-refractivity contribution in [2.24, 2.45) is 0 Å². The Morgan fingerprint density at radius 2 is 2.05 bits per heavy atom. The fourth-order valence-corrected chi connectivity index (χ4v) is 1.81. The van der Waals surface area contributed by atoms with E-state index in [0.29, 0.717) is 17.9 Å². The van der Waals surface area contributed by atoms with Crippen LogP contribution in [0.3, 0.4) is 0 Å². The molecule has 98 valence electrons. The molecule has 19 heavy (non-hydrogen) atoms. The molecule has 0 atom stereocenters. The number of pyridine rings is 1. The molecule has 0 fully saturated rings. The molecule has 0 amide bonds. The molecule has 0 radical (unpaired) electrons. The first kappa shape index (κ1) is 12.9. The normalized spacial score (nSPS) is 10.4. The van der Waals surface area contributed by atoms with Crippen LogP contribution in [-0.4, -0.2) is 26.0 Å². The minimum atomic E-state index is -1.04. The summed E-state index contributed by atoms with van der Waals surface area (Å²) in [6.45, 7) is 1.64.